The van der Waals surface area contributed by atoms with Crippen LogP contribution in [0.5, 0.6) is 0 Å². The van der Waals surface area contributed by atoms with Gasteiger partial charge in [-0.3, -0.25) is 0 Å². The molecule has 166 valence electrons. The zero-order valence-corrected chi connectivity index (χ0v) is 19.5. The Morgan fingerprint density at radius 1 is 1.03 bits per heavy atom. The van der Waals surface area contributed by atoms with Gasteiger partial charge in [-0.25, -0.2) is 0 Å². The van der Waals surface area contributed by atoms with Crippen LogP contribution in [0.2, 0.25) is 0 Å². The third-order valence-corrected chi connectivity index (χ3v) is 10.5. The zero-order valence-electron chi connectivity index (χ0n) is 19.5. The van der Waals surface area contributed by atoms with Gasteiger partial charge >= 0.3 is 0 Å². The molecule has 0 aliphatic heterocycles. The van der Waals surface area contributed by atoms with Gasteiger partial charge in [-0.2, -0.15) is 0 Å². The first-order valence-electron chi connectivity index (χ1n) is 12.8. The number of allylic oxidation sites excluding steroid dienone is 1. The molecule has 9 atom stereocenters. The van der Waals surface area contributed by atoms with Crippen LogP contribution in [0.15, 0.2) is 11.6 Å². The molecule has 0 aromatic heterocycles. The summed E-state index contributed by atoms with van der Waals surface area (Å²) >= 11 is 0. The predicted molar refractivity (Wildman–Crippen MR) is 120 cm³/mol. The van der Waals surface area contributed by atoms with Crippen LogP contribution in [0, 0.1) is 46.3 Å². The molecule has 4 aliphatic carbocycles. The highest BCUT2D eigenvalue weighted by Gasteiger charge is 2.59. The molecule has 3 fully saturated rings. The number of fused-ring (bicyclic) bond motifs is 5. The normalized spacial score (nSPS) is 46.3. The standard InChI is InChI=1S/C27H46O2/c1-18(17-28)6-5-7-19(2)23-10-11-24-22-9-8-20-16-21(29)12-14-26(20,3)25(22)13-15-27(23,24)4/h8,18-19,21-25,28-29H,5-7,9-17H2,1-4H3/t18-,19+,21-,22-,23?,24?,25?,26-,27+/m0/s1. The Balaban J connectivity index is 1.46. The lowest BCUT2D eigenvalue weighted by Crippen LogP contribution is -2.50. The summed E-state index contributed by atoms with van der Waals surface area (Å²) in [5.74, 6) is 4.82. The third-order valence-electron chi connectivity index (χ3n) is 10.5. The molecule has 0 heterocycles. The van der Waals surface area contributed by atoms with Crippen LogP contribution in [0.25, 0.3) is 0 Å². The molecule has 2 nitrogen and oxygen atoms in total. The molecule has 4 aliphatic rings. The SMILES string of the molecule is C[C@H](CO)CCC[C@@H](C)C1CCC2[C@@H]3CC=C4C[C@@H](O)CC[C@]4(C)C3CC[C@@]21C. The second-order valence-electron chi connectivity index (χ2n) is 12.1. The summed E-state index contributed by atoms with van der Waals surface area (Å²) in [7, 11) is 0. The fraction of sp³-hybridized carbons (Fsp3) is 0.926. The molecule has 0 aromatic carbocycles. The van der Waals surface area contributed by atoms with E-state index in [9.17, 15) is 10.2 Å². The Labute approximate surface area is 179 Å². The molecular weight excluding hydrogens is 356 g/mol. The molecule has 0 bridgehead atoms. The van der Waals surface area contributed by atoms with Crippen molar-refractivity contribution >= 4 is 0 Å². The van der Waals surface area contributed by atoms with Crippen molar-refractivity contribution in [2.45, 2.75) is 104 Å². The van der Waals surface area contributed by atoms with Crippen molar-refractivity contribution in [2.24, 2.45) is 46.3 Å². The van der Waals surface area contributed by atoms with E-state index < -0.39 is 0 Å². The quantitative estimate of drug-likeness (QED) is 0.507. The van der Waals surface area contributed by atoms with Crippen LogP contribution in [0.3, 0.4) is 0 Å². The number of aliphatic hydroxyl groups is 2. The van der Waals surface area contributed by atoms with E-state index in [2.05, 4.69) is 33.8 Å². The minimum atomic E-state index is -0.0926. The lowest BCUT2D eigenvalue weighted by Gasteiger charge is -2.58. The fourth-order valence-electron chi connectivity index (χ4n) is 8.70. The first-order valence-corrected chi connectivity index (χ1v) is 12.8. The third kappa shape index (κ3) is 3.75. The lowest BCUT2D eigenvalue weighted by atomic mass is 9.47. The van der Waals surface area contributed by atoms with Crippen LogP contribution in [-0.2, 0) is 0 Å². The number of rotatable bonds is 6. The van der Waals surface area contributed by atoms with E-state index in [4.69, 9.17) is 0 Å². The average Bonchev–Trinajstić information content (AvgIpc) is 3.05. The average molecular weight is 403 g/mol. The monoisotopic (exact) mass is 402 g/mol. The van der Waals surface area contributed by atoms with E-state index >= 15 is 0 Å². The smallest absolute Gasteiger partial charge is 0.0577 e. The van der Waals surface area contributed by atoms with Gasteiger partial charge in [0.25, 0.3) is 0 Å². The Kier molecular flexibility index (Phi) is 6.26. The van der Waals surface area contributed by atoms with Crippen molar-refractivity contribution in [3.63, 3.8) is 0 Å². The van der Waals surface area contributed by atoms with Gasteiger partial charge in [0.2, 0.25) is 0 Å². The maximum atomic E-state index is 10.2. The molecule has 2 heteroatoms. The van der Waals surface area contributed by atoms with Crippen LogP contribution in [-0.4, -0.2) is 22.9 Å². The minimum Gasteiger partial charge on any atom is -0.396 e. The van der Waals surface area contributed by atoms with E-state index in [1.54, 1.807) is 5.57 Å². The molecule has 0 spiro atoms. The first-order chi connectivity index (χ1) is 13.8. The molecule has 2 N–H and O–H groups in total. The number of aliphatic hydroxyl groups excluding tert-OH is 2. The van der Waals surface area contributed by atoms with Crippen molar-refractivity contribution in [1.29, 1.82) is 0 Å². The van der Waals surface area contributed by atoms with E-state index in [1.807, 2.05) is 0 Å². The van der Waals surface area contributed by atoms with Gasteiger partial charge in [-0.15, -0.1) is 0 Å². The van der Waals surface area contributed by atoms with Gasteiger partial charge < -0.3 is 10.2 Å². The Bertz CT molecular complexity index is 612. The second kappa shape index (κ2) is 8.30. The lowest BCUT2D eigenvalue weighted by molar-refractivity contribution is -0.0573. The van der Waals surface area contributed by atoms with Crippen molar-refractivity contribution in [3.05, 3.63) is 11.6 Å². The Morgan fingerprint density at radius 2 is 1.83 bits per heavy atom. The van der Waals surface area contributed by atoms with Crippen LogP contribution < -0.4 is 0 Å². The topological polar surface area (TPSA) is 40.5 Å². The first kappa shape index (κ1) is 21.9. The summed E-state index contributed by atoms with van der Waals surface area (Å²) in [6.45, 7) is 10.2. The van der Waals surface area contributed by atoms with Crippen molar-refractivity contribution < 1.29 is 10.2 Å². The van der Waals surface area contributed by atoms with Gasteiger partial charge in [0, 0.05) is 6.61 Å². The molecule has 29 heavy (non-hydrogen) atoms. The summed E-state index contributed by atoms with van der Waals surface area (Å²) in [5, 5.41) is 19.5. The Hall–Kier alpha value is -0.340. The van der Waals surface area contributed by atoms with Gasteiger partial charge in [-0.05, 0) is 104 Å². The summed E-state index contributed by atoms with van der Waals surface area (Å²) in [5.41, 5.74) is 2.51. The summed E-state index contributed by atoms with van der Waals surface area (Å²) < 4.78 is 0. The van der Waals surface area contributed by atoms with E-state index in [0.717, 1.165) is 42.4 Å². The highest BCUT2D eigenvalue weighted by Crippen LogP contribution is 2.67. The van der Waals surface area contributed by atoms with E-state index in [-0.39, 0.29) is 6.10 Å². The molecule has 3 unspecified atom stereocenters. The molecule has 3 saturated carbocycles. The second-order valence-corrected chi connectivity index (χ2v) is 12.1. The minimum absolute atomic E-state index is 0.0926. The molecule has 0 radical (unpaired) electrons. The van der Waals surface area contributed by atoms with Crippen LogP contribution in [0.1, 0.15) is 98.3 Å². The molecule has 0 saturated heterocycles. The van der Waals surface area contributed by atoms with Gasteiger partial charge in [0.15, 0.2) is 0 Å². The zero-order chi connectivity index (χ0) is 20.8. The number of hydrogen-bond donors (Lipinski definition) is 2. The van der Waals surface area contributed by atoms with Crippen LogP contribution in [0.4, 0.5) is 0 Å². The van der Waals surface area contributed by atoms with E-state index in [1.165, 1.54) is 57.8 Å². The maximum absolute atomic E-state index is 10.2. The van der Waals surface area contributed by atoms with Crippen molar-refractivity contribution in [2.75, 3.05) is 6.61 Å². The van der Waals surface area contributed by atoms with Crippen molar-refractivity contribution in [3.8, 4) is 0 Å². The van der Waals surface area contributed by atoms with Crippen molar-refractivity contribution in [1.82, 2.24) is 0 Å². The predicted octanol–water partition coefficient (Wildman–Crippen LogP) is 6.36. The van der Waals surface area contributed by atoms with Gasteiger partial charge in [0.1, 0.15) is 0 Å². The summed E-state index contributed by atoms with van der Waals surface area (Å²) in [4.78, 5) is 0. The van der Waals surface area contributed by atoms with Gasteiger partial charge in [0.05, 0.1) is 6.10 Å². The largest absolute Gasteiger partial charge is 0.396 e. The van der Waals surface area contributed by atoms with Crippen LogP contribution >= 0.6 is 0 Å². The van der Waals surface area contributed by atoms with E-state index in [0.29, 0.717) is 23.4 Å². The maximum Gasteiger partial charge on any atom is 0.0577 e. The highest BCUT2D eigenvalue weighted by molar-refractivity contribution is 5.25. The highest BCUT2D eigenvalue weighted by atomic mass is 16.3. The van der Waals surface area contributed by atoms with Gasteiger partial charge in [-0.1, -0.05) is 52.2 Å². The Morgan fingerprint density at radius 3 is 2.59 bits per heavy atom. The summed E-state index contributed by atoms with van der Waals surface area (Å²) in [6.07, 6.45) is 16.4. The molecule has 0 amide bonds. The summed E-state index contributed by atoms with van der Waals surface area (Å²) in [6, 6.07) is 0. The molecule has 0 aromatic rings. The fourth-order valence-corrected chi connectivity index (χ4v) is 8.70. The number of hydrogen-bond acceptors (Lipinski definition) is 2. The molecular formula is C27H46O2. The molecule has 4 rings (SSSR count).